The maximum atomic E-state index is 12.5. The zero-order chi connectivity index (χ0) is 17.7. The maximum Gasteiger partial charge on any atom is 0.272 e. The van der Waals surface area contributed by atoms with Gasteiger partial charge in [0.1, 0.15) is 5.75 Å². The van der Waals surface area contributed by atoms with Gasteiger partial charge in [0, 0.05) is 20.5 Å². The molecule has 130 valence electrons. The summed E-state index contributed by atoms with van der Waals surface area (Å²) in [6.07, 6.45) is 0.497. The molecule has 0 aliphatic rings. The van der Waals surface area contributed by atoms with Gasteiger partial charge in [0.15, 0.2) is 0 Å². The summed E-state index contributed by atoms with van der Waals surface area (Å²) in [4.78, 5) is 11.0. The number of carbonyl (C=O) groups is 1. The van der Waals surface area contributed by atoms with Crippen LogP contribution in [0.3, 0.4) is 0 Å². The van der Waals surface area contributed by atoms with Crippen LogP contribution >= 0.6 is 11.3 Å². The Balaban J connectivity index is 2.08. The second-order valence-corrected chi connectivity index (χ2v) is 8.14. The smallest absolute Gasteiger partial charge is 0.272 e. The van der Waals surface area contributed by atoms with Gasteiger partial charge in [-0.2, -0.15) is 4.31 Å². The fourth-order valence-corrected chi connectivity index (χ4v) is 4.26. The van der Waals surface area contributed by atoms with E-state index in [9.17, 15) is 13.2 Å². The Kier molecular flexibility index (Phi) is 5.86. The van der Waals surface area contributed by atoms with Gasteiger partial charge < -0.3 is 10.1 Å². The van der Waals surface area contributed by atoms with Gasteiger partial charge in [0.05, 0.1) is 7.11 Å². The summed E-state index contributed by atoms with van der Waals surface area (Å²) in [6, 6.07) is 7.44. The summed E-state index contributed by atoms with van der Waals surface area (Å²) in [6.45, 7) is 1.58. The topological polar surface area (TPSA) is 101 Å². The van der Waals surface area contributed by atoms with E-state index < -0.39 is 10.0 Å². The molecular formula is C14H18N4O4S2. The average Bonchev–Trinajstić information content (AvgIpc) is 3.01. The zero-order valence-corrected chi connectivity index (χ0v) is 15.1. The molecule has 0 radical (unpaired) electrons. The van der Waals surface area contributed by atoms with Crippen LogP contribution in [0.4, 0.5) is 5.13 Å². The van der Waals surface area contributed by atoms with Crippen molar-refractivity contribution in [3.05, 3.63) is 29.8 Å². The van der Waals surface area contributed by atoms with Crippen molar-refractivity contribution in [3.8, 4) is 5.75 Å². The van der Waals surface area contributed by atoms with E-state index in [-0.39, 0.29) is 21.9 Å². The minimum Gasteiger partial charge on any atom is -0.496 e. The van der Waals surface area contributed by atoms with Gasteiger partial charge >= 0.3 is 0 Å². The molecule has 0 aliphatic heterocycles. The molecule has 8 nitrogen and oxygen atoms in total. The molecule has 1 amide bonds. The standard InChI is InChI=1S/C14H18N4O4S2/c1-10(19)15-13-16-17-14(23-13)24(20,21)18(2)9-8-11-6-4-5-7-12(11)22-3/h4-7H,8-9H2,1-3H3,(H,15,16,19). The third kappa shape index (κ3) is 4.28. The van der Waals surface area contributed by atoms with Crippen molar-refractivity contribution in [2.75, 3.05) is 26.0 Å². The van der Waals surface area contributed by atoms with Crippen LogP contribution in [-0.4, -0.2) is 49.5 Å². The van der Waals surface area contributed by atoms with Crippen LogP contribution in [0.2, 0.25) is 0 Å². The van der Waals surface area contributed by atoms with Crippen molar-refractivity contribution in [3.63, 3.8) is 0 Å². The first-order valence-corrected chi connectivity index (χ1v) is 9.29. The Hall–Kier alpha value is -2.04. The molecule has 24 heavy (non-hydrogen) atoms. The number of carbonyl (C=O) groups excluding carboxylic acids is 1. The average molecular weight is 370 g/mol. The molecule has 1 N–H and O–H groups in total. The molecule has 1 aromatic heterocycles. The summed E-state index contributed by atoms with van der Waals surface area (Å²) >= 11 is 0.817. The van der Waals surface area contributed by atoms with Crippen LogP contribution in [0.5, 0.6) is 5.75 Å². The highest BCUT2D eigenvalue weighted by Gasteiger charge is 2.25. The maximum absolute atomic E-state index is 12.5. The fraction of sp³-hybridized carbons (Fsp3) is 0.357. The first-order valence-electron chi connectivity index (χ1n) is 7.04. The third-order valence-corrected chi connectivity index (χ3v) is 6.25. The first-order chi connectivity index (χ1) is 11.3. The zero-order valence-electron chi connectivity index (χ0n) is 13.5. The molecule has 0 saturated heterocycles. The van der Waals surface area contributed by atoms with Gasteiger partial charge in [-0.15, -0.1) is 10.2 Å². The summed E-state index contributed by atoms with van der Waals surface area (Å²) in [7, 11) is -0.708. The Morgan fingerprint density at radius 2 is 2.04 bits per heavy atom. The molecule has 0 atom stereocenters. The second-order valence-electron chi connectivity index (χ2n) is 4.94. The van der Waals surface area contributed by atoms with E-state index in [2.05, 4.69) is 15.5 Å². The number of hydrogen-bond acceptors (Lipinski definition) is 7. The quantitative estimate of drug-likeness (QED) is 0.739. The predicted octanol–water partition coefficient (Wildman–Crippen LogP) is 1.37. The number of benzene rings is 1. The van der Waals surface area contributed by atoms with Gasteiger partial charge in [0.25, 0.3) is 10.0 Å². The largest absolute Gasteiger partial charge is 0.496 e. The molecule has 10 heteroatoms. The molecule has 0 aliphatic carbocycles. The molecule has 0 unspecified atom stereocenters. The van der Waals surface area contributed by atoms with Crippen LogP contribution in [0, 0.1) is 0 Å². The monoisotopic (exact) mass is 370 g/mol. The SMILES string of the molecule is COc1ccccc1CCN(C)S(=O)(=O)c1nnc(NC(C)=O)s1. The third-order valence-electron chi connectivity index (χ3n) is 3.21. The minimum atomic E-state index is -3.76. The number of ether oxygens (including phenoxy) is 1. The molecular weight excluding hydrogens is 352 g/mol. The van der Waals surface area contributed by atoms with Crippen molar-refractivity contribution in [2.45, 2.75) is 17.7 Å². The number of para-hydroxylation sites is 1. The molecule has 1 heterocycles. The van der Waals surface area contributed by atoms with Gasteiger partial charge in [-0.05, 0) is 18.1 Å². The van der Waals surface area contributed by atoms with Crippen molar-refractivity contribution in [2.24, 2.45) is 0 Å². The number of aromatic nitrogens is 2. The summed E-state index contributed by atoms with van der Waals surface area (Å²) in [5, 5.41) is 9.88. The van der Waals surface area contributed by atoms with Gasteiger partial charge in [-0.3, -0.25) is 4.79 Å². The number of nitrogens with zero attached hydrogens (tertiary/aromatic N) is 3. The molecule has 0 bridgehead atoms. The van der Waals surface area contributed by atoms with E-state index in [4.69, 9.17) is 4.74 Å². The van der Waals surface area contributed by atoms with Crippen molar-refractivity contribution < 1.29 is 17.9 Å². The number of sulfonamides is 1. The van der Waals surface area contributed by atoms with E-state index in [0.29, 0.717) is 12.2 Å². The molecule has 2 aromatic rings. The number of rotatable bonds is 7. The Bertz CT molecular complexity index is 820. The lowest BCUT2D eigenvalue weighted by atomic mass is 10.1. The van der Waals surface area contributed by atoms with E-state index >= 15 is 0 Å². The van der Waals surface area contributed by atoms with Crippen molar-refractivity contribution >= 4 is 32.4 Å². The molecule has 2 rings (SSSR count). The predicted molar refractivity (Wildman–Crippen MR) is 90.7 cm³/mol. The van der Waals surface area contributed by atoms with Crippen LogP contribution in [0.25, 0.3) is 0 Å². The van der Waals surface area contributed by atoms with E-state index in [1.165, 1.54) is 18.3 Å². The lowest BCUT2D eigenvalue weighted by Gasteiger charge is -2.16. The lowest BCUT2D eigenvalue weighted by molar-refractivity contribution is -0.114. The normalized spacial score (nSPS) is 11.5. The van der Waals surface area contributed by atoms with E-state index in [1.54, 1.807) is 7.11 Å². The number of hydrogen-bond donors (Lipinski definition) is 1. The lowest BCUT2D eigenvalue weighted by Crippen LogP contribution is -2.29. The van der Waals surface area contributed by atoms with Crippen molar-refractivity contribution in [1.29, 1.82) is 0 Å². The second kappa shape index (κ2) is 7.69. The van der Waals surface area contributed by atoms with E-state index in [0.717, 1.165) is 16.9 Å². The summed E-state index contributed by atoms with van der Waals surface area (Å²) in [5.74, 6) is 0.381. The highest BCUT2D eigenvalue weighted by molar-refractivity contribution is 7.91. The van der Waals surface area contributed by atoms with Crippen LogP contribution in [-0.2, 0) is 21.2 Å². The number of nitrogens with one attached hydrogen (secondary N) is 1. The number of likely N-dealkylation sites (N-methyl/N-ethyl adjacent to an activating group) is 1. The van der Waals surface area contributed by atoms with Crippen LogP contribution < -0.4 is 10.1 Å². The number of anilines is 1. The fourth-order valence-electron chi connectivity index (χ4n) is 1.96. The molecule has 0 fully saturated rings. The minimum absolute atomic E-state index is 0.152. The van der Waals surface area contributed by atoms with Gasteiger partial charge in [0.2, 0.25) is 15.4 Å². The molecule has 1 aromatic carbocycles. The van der Waals surface area contributed by atoms with Crippen molar-refractivity contribution in [1.82, 2.24) is 14.5 Å². The Morgan fingerprint density at radius 3 is 2.71 bits per heavy atom. The van der Waals surface area contributed by atoms with E-state index in [1.807, 2.05) is 24.3 Å². The highest BCUT2D eigenvalue weighted by atomic mass is 32.2. The Labute approximate surface area is 144 Å². The number of methoxy groups -OCH3 is 1. The molecule has 0 spiro atoms. The van der Waals surface area contributed by atoms with Gasteiger partial charge in [-0.25, -0.2) is 8.42 Å². The van der Waals surface area contributed by atoms with Crippen LogP contribution in [0.1, 0.15) is 12.5 Å². The number of amides is 1. The Morgan fingerprint density at radius 1 is 1.33 bits per heavy atom. The first kappa shape index (κ1) is 18.3. The van der Waals surface area contributed by atoms with Crippen LogP contribution in [0.15, 0.2) is 28.6 Å². The highest BCUT2D eigenvalue weighted by Crippen LogP contribution is 2.23. The molecule has 0 saturated carbocycles. The summed E-state index contributed by atoms with van der Waals surface area (Å²) < 4.78 is 31.3. The summed E-state index contributed by atoms with van der Waals surface area (Å²) in [5.41, 5.74) is 0.915. The van der Waals surface area contributed by atoms with Gasteiger partial charge in [-0.1, -0.05) is 29.5 Å².